The van der Waals surface area contributed by atoms with Gasteiger partial charge < -0.3 is 5.32 Å². The fourth-order valence-electron chi connectivity index (χ4n) is 2.79. The van der Waals surface area contributed by atoms with Gasteiger partial charge in [0.05, 0.1) is 16.6 Å². The molecule has 150 valence electrons. The minimum atomic E-state index is -1.62. The molecule has 0 saturated heterocycles. The Labute approximate surface area is 169 Å². The molecule has 1 atom stereocenters. The molecule has 1 fully saturated rings. The first-order chi connectivity index (χ1) is 13.9. The first-order valence-electron chi connectivity index (χ1n) is 9.07. The number of carbonyl (C=O) groups excluding carboxylic acids is 1. The number of amides is 1. The molecule has 1 N–H and O–H groups in total. The van der Waals surface area contributed by atoms with Gasteiger partial charge in [-0.3, -0.25) is 4.79 Å². The first-order valence-corrected chi connectivity index (χ1v) is 9.95. The monoisotopic (exact) mass is 418 g/mol. The third-order valence-corrected chi connectivity index (χ3v) is 5.45. The Morgan fingerprint density at radius 3 is 2.55 bits per heavy atom. The van der Waals surface area contributed by atoms with Gasteiger partial charge in [-0.15, -0.1) is 5.10 Å². The maximum atomic E-state index is 13.8. The van der Waals surface area contributed by atoms with E-state index >= 15 is 0 Å². The molecule has 0 radical (unpaired) electrons. The Morgan fingerprint density at radius 2 is 1.86 bits per heavy atom. The molecule has 1 amide bonds. The average Bonchev–Trinajstić information content (AvgIpc) is 3.49. The van der Waals surface area contributed by atoms with Crippen LogP contribution in [-0.2, 0) is 4.79 Å². The summed E-state index contributed by atoms with van der Waals surface area (Å²) < 4.78 is 42.0. The van der Waals surface area contributed by atoms with Crippen LogP contribution in [0, 0.1) is 17.5 Å². The summed E-state index contributed by atoms with van der Waals surface area (Å²) >= 11 is 1.11. The smallest absolute Gasteiger partial charge is 0.237 e. The van der Waals surface area contributed by atoms with Gasteiger partial charge in [0.1, 0.15) is 5.82 Å². The van der Waals surface area contributed by atoms with Crippen molar-refractivity contribution in [1.82, 2.24) is 14.8 Å². The molecule has 2 aromatic carbocycles. The Bertz CT molecular complexity index is 1050. The predicted octanol–water partition coefficient (Wildman–Crippen LogP) is 4.68. The average molecular weight is 418 g/mol. The highest BCUT2D eigenvalue weighted by molar-refractivity contribution is 8.00. The molecule has 1 unspecified atom stereocenters. The molecule has 1 aliphatic carbocycles. The number of anilines is 1. The van der Waals surface area contributed by atoms with E-state index in [1.165, 1.54) is 0 Å². The van der Waals surface area contributed by atoms with Gasteiger partial charge in [0.2, 0.25) is 11.1 Å². The van der Waals surface area contributed by atoms with Crippen molar-refractivity contribution in [2.75, 3.05) is 5.32 Å². The van der Waals surface area contributed by atoms with Gasteiger partial charge in [-0.05, 0) is 44.0 Å². The highest BCUT2D eigenvalue weighted by Crippen LogP contribution is 2.40. The van der Waals surface area contributed by atoms with Crippen molar-refractivity contribution in [1.29, 1.82) is 0 Å². The standard InChI is InChI=1S/C20H17F3N4OS/c1-11(19(28)24-15-10-9-14(21)16(22)17(15)23)29-20-25-18(12-7-8-12)27(26-20)13-5-3-2-4-6-13/h2-6,9-12H,7-8H2,1H3,(H,24,28). The van der Waals surface area contributed by atoms with Gasteiger partial charge in [0.25, 0.3) is 0 Å². The molecule has 5 nitrogen and oxygen atoms in total. The maximum absolute atomic E-state index is 13.8. The van der Waals surface area contributed by atoms with Crippen LogP contribution >= 0.6 is 11.8 Å². The van der Waals surface area contributed by atoms with E-state index in [4.69, 9.17) is 0 Å². The molecular formula is C20H17F3N4OS. The Morgan fingerprint density at radius 1 is 1.14 bits per heavy atom. The second-order valence-electron chi connectivity index (χ2n) is 6.75. The third-order valence-electron chi connectivity index (χ3n) is 4.50. The van der Waals surface area contributed by atoms with E-state index in [9.17, 15) is 18.0 Å². The van der Waals surface area contributed by atoms with Crippen molar-refractivity contribution < 1.29 is 18.0 Å². The Hall–Kier alpha value is -2.81. The van der Waals surface area contributed by atoms with Crippen LogP contribution < -0.4 is 5.32 Å². The van der Waals surface area contributed by atoms with Crippen LogP contribution in [0.3, 0.4) is 0 Å². The van der Waals surface area contributed by atoms with Crippen LogP contribution in [0.2, 0.25) is 0 Å². The molecule has 3 aromatic rings. The van der Waals surface area contributed by atoms with Gasteiger partial charge in [-0.25, -0.2) is 22.8 Å². The Kier molecular flexibility index (Phi) is 5.31. The zero-order chi connectivity index (χ0) is 20.5. The summed E-state index contributed by atoms with van der Waals surface area (Å²) in [4.78, 5) is 17.0. The number of thioether (sulfide) groups is 1. The summed E-state index contributed by atoms with van der Waals surface area (Å²) in [6.07, 6.45) is 2.09. The van der Waals surface area contributed by atoms with E-state index in [-0.39, 0.29) is 0 Å². The van der Waals surface area contributed by atoms with E-state index in [0.717, 1.165) is 48.2 Å². The molecule has 9 heteroatoms. The molecule has 29 heavy (non-hydrogen) atoms. The topological polar surface area (TPSA) is 59.8 Å². The van der Waals surface area contributed by atoms with Crippen molar-refractivity contribution in [2.45, 2.75) is 36.1 Å². The number of hydrogen-bond donors (Lipinski definition) is 1. The molecule has 1 heterocycles. The summed E-state index contributed by atoms with van der Waals surface area (Å²) in [5.41, 5.74) is 0.470. The van der Waals surface area contributed by atoms with Gasteiger partial charge >= 0.3 is 0 Å². The van der Waals surface area contributed by atoms with Crippen molar-refractivity contribution >= 4 is 23.4 Å². The highest BCUT2D eigenvalue weighted by Gasteiger charge is 2.31. The van der Waals surface area contributed by atoms with Gasteiger partial charge in [0.15, 0.2) is 17.5 Å². The van der Waals surface area contributed by atoms with Crippen molar-refractivity contribution in [3.8, 4) is 5.69 Å². The molecule has 0 bridgehead atoms. The highest BCUT2D eigenvalue weighted by atomic mass is 32.2. The number of rotatable bonds is 6. The van der Waals surface area contributed by atoms with Crippen LogP contribution in [-0.4, -0.2) is 25.9 Å². The second-order valence-corrected chi connectivity index (χ2v) is 8.05. The summed E-state index contributed by atoms with van der Waals surface area (Å²) in [5, 5.41) is 6.54. The number of aromatic nitrogens is 3. The second kappa shape index (κ2) is 7.90. The number of para-hydroxylation sites is 1. The first kappa shape index (κ1) is 19.5. The minimum Gasteiger partial charge on any atom is -0.323 e. The van der Waals surface area contributed by atoms with Crippen LogP contribution in [0.25, 0.3) is 5.69 Å². The lowest BCUT2D eigenvalue weighted by atomic mass is 10.2. The third kappa shape index (κ3) is 4.14. The largest absolute Gasteiger partial charge is 0.323 e. The number of benzene rings is 2. The lowest BCUT2D eigenvalue weighted by Crippen LogP contribution is -2.23. The van der Waals surface area contributed by atoms with E-state index in [1.54, 1.807) is 11.6 Å². The molecule has 1 aliphatic rings. The van der Waals surface area contributed by atoms with Crippen LogP contribution in [0.5, 0.6) is 0 Å². The number of hydrogen-bond acceptors (Lipinski definition) is 4. The summed E-state index contributed by atoms with van der Waals surface area (Å²) in [6, 6.07) is 11.3. The van der Waals surface area contributed by atoms with Crippen molar-refractivity contribution in [3.05, 3.63) is 65.7 Å². The summed E-state index contributed by atoms with van der Waals surface area (Å²) in [5.74, 6) is -3.75. The van der Waals surface area contributed by atoms with E-state index in [0.29, 0.717) is 11.1 Å². The number of nitrogens with one attached hydrogen (secondary N) is 1. The maximum Gasteiger partial charge on any atom is 0.237 e. The number of nitrogens with zero attached hydrogens (tertiary/aromatic N) is 3. The normalized spacial score (nSPS) is 14.6. The molecule has 0 spiro atoms. The number of carbonyl (C=O) groups is 1. The quantitative estimate of drug-likeness (QED) is 0.466. The van der Waals surface area contributed by atoms with Crippen LogP contribution in [0.15, 0.2) is 47.6 Å². The van der Waals surface area contributed by atoms with Gasteiger partial charge in [-0.2, -0.15) is 0 Å². The fourth-order valence-corrected chi connectivity index (χ4v) is 3.55. The van der Waals surface area contributed by atoms with Crippen molar-refractivity contribution in [2.24, 2.45) is 0 Å². The Balaban J connectivity index is 1.50. The lowest BCUT2D eigenvalue weighted by Gasteiger charge is -2.11. The predicted molar refractivity (Wildman–Crippen MR) is 104 cm³/mol. The SMILES string of the molecule is CC(Sc1nc(C2CC2)n(-c2ccccc2)n1)C(=O)Nc1ccc(F)c(F)c1F. The van der Waals surface area contributed by atoms with E-state index in [1.807, 2.05) is 30.3 Å². The zero-order valence-electron chi connectivity index (χ0n) is 15.4. The molecule has 0 aliphatic heterocycles. The van der Waals surface area contributed by atoms with Gasteiger partial charge in [0, 0.05) is 5.92 Å². The van der Waals surface area contributed by atoms with E-state index < -0.39 is 34.3 Å². The lowest BCUT2D eigenvalue weighted by molar-refractivity contribution is -0.115. The summed E-state index contributed by atoms with van der Waals surface area (Å²) in [7, 11) is 0. The fraction of sp³-hybridized carbons (Fsp3) is 0.250. The van der Waals surface area contributed by atoms with Crippen molar-refractivity contribution in [3.63, 3.8) is 0 Å². The van der Waals surface area contributed by atoms with Crippen LogP contribution in [0.4, 0.5) is 18.9 Å². The number of halogens is 3. The molecule has 4 rings (SSSR count). The summed E-state index contributed by atoms with van der Waals surface area (Å²) in [6.45, 7) is 1.61. The molecule has 1 aromatic heterocycles. The molecular weight excluding hydrogens is 401 g/mol. The van der Waals surface area contributed by atoms with E-state index in [2.05, 4.69) is 15.4 Å². The van der Waals surface area contributed by atoms with Gasteiger partial charge in [-0.1, -0.05) is 30.0 Å². The minimum absolute atomic E-state index is 0.345. The molecule has 1 saturated carbocycles. The van der Waals surface area contributed by atoms with Crippen LogP contribution in [0.1, 0.15) is 31.5 Å². The zero-order valence-corrected chi connectivity index (χ0v) is 16.2.